The van der Waals surface area contributed by atoms with Crippen LogP contribution in [-0.4, -0.2) is 16.0 Å². The molecule has 4 heteroatoms. The molecule has 1 unspecified atom stereocenters. The Morgan fingerprint density at radius 3 is 2.76 bits per heavy atom. The topological polar surface area (TPSA) is 17.8 Å². The van der Waals surface area contributed by atoms with Crippen molar-refractivity contribution in [2.75, 3.05) is 0 Å². The van der Waals surface area contributed by atoms with Crippen molar-refractivity contribution in [3.8, 4) is 0 Å². The van der Waals surface area contributed by atoms with E-state index in [1.165, 1.54) is 0 Å². The van der Waals surface area contributed by atoms with Crippen LogP contribution in [0.25, 0.3) is 0 Å². The van der Waals surface area contributed by atoms with Gasteiger partial charge in [-0.2, -0.15) is 5.10 Å². The molecule has 0 aromatic carbocycles. The summed E-state index contributed by atoms with van der Waals surface area (Å²) in [5, 5.41) is 4.96. The molecule has 0 N–H and O–H groups in total. The summed E-state index contributed by atoms with van der Waals surface area (Å²) >= 11 is 6.10. The fraction of sp³-hybridized carbons (Fsp3) is 0.462. The van der Waals surface area contributed by atoms with E-state index in [1.807, 2.05) is 13.8 Å². The Hall–Kier alpha value is -1.09. The van der Waals surface area contributed by atoms with Crippen LogP contribution < -0.4 is 0 Å². The summed E-state index contributed by atoms with van der Waals surface area (Å²) in [5.74, 6) is 0. The maximum Gasteiger partial charge on any atom is 0.130 e. The molecule has 0 aliphatic rings. The average Bonchev–Trinajstić information content (AvgIpc) is 2.57. The third kappa shape index (κ3) is 3.19. The number of allylic oxidation sites excluding steroid dienone is 2. The highest BCUT2D eigenvalue weighted by atomic mass is 35.5. The SMILES string of the molecule is C=CCC(F)C(=C)Cc1nn(CC)c(Cl)c1C. The minimum absolute atomic E-state index is 0.292. The van der Waals surface area contributed by atoms with Crippen LogP contribution in [0.4, 0.5) is 4.39 Å². The number of hydrogen-bond acceptors (Lipinski definition) is 1. The van der Waals surface area contributed by atoms with E-state index in [0.29, 0.717) is 30.1 Å². The molecule has 0 amide bonds. The van der Waals surface area contributed by atoms with Crippen LogP contribution in [0.15, 0.2) is 24.8 Å². The Balaban J connectivity index is 2.81. The molecular weight excluding hydrogens is 239 g/mol. The van der Waals surface area contributed by atoms with Gasteiger partial charge in [-0.3, -0.25) is 4.68 Å². The van der Waals surface area contributed by atoms with Gasteiger partial charge in [-0.15, -0.1) is 6.58 Å². The second kappa shape index (κ2) is 6.01. The van der Waals surface area contributed by atoms with Crippen LogP contribution in [0.1, 0.15) is 24.6 Å². The van der Waals surface area contributed by atoms with Gasteiger partial charge in [-0.05, 0) is 19.4 Å². The van der Waals surface area contributed by atoms with Crippen LogP contribution in [0.3, 0.4) is 0 Å². The summed E-state index contributed by atoms with van der Waals surface area (Å²) in [5.41, 5.74) is 2.22. The van der Waals surface area contributed by atoms with Crippen molar-refractivity contribution in [3.63, 3.8) is 0 Å². The molecule has 1 aromatic heterocycles. The first-order valence-electron chi connectivity index (χ1n) is 5.65. The van der Waals surface area contributed by atoms with Crippen molar-refractivity contribution in [2.45, 2.75) is 39.4 Å². The summed E-state index contributed by atoms with van der Waals surface area (Å²) in [7, 11) is 0. The third-order valence-electron chi connectivity index (χ3n) is 2.72. The van der Waals surface area contributed by atoms with Crippen LogP contribution in [0.2, 0.25) is 5.15 Å². The molecule has 1 aromatic rings. The van der Waals surface area contributed by atoms with E-state index in [2.05, 4.69) is 18.3 Å². The molecule has 0 saturated carbocycles. The molecule has 1 atom stereocenters. The Morgan fingerprint density at radius 2 is 2.29 bits per heavy atom. The summed E-state index contributed by atoms with van der Waals surface area (Å²) in [6, 6.07) is 0. The molecule has 0 radical (unpaired) electrons. The van der Waals surface area contributed by atoms with Crippen molar-refractivity contribution in [1.29, 1.82) is 0 Å². The first-order valence-corrected chi connectivity index (χ1v) is 6.03. The highest BCUT2D eigenvalue weighted by Gasteiger charge is 2.16. The maximum atomic E-state index is 13.6. The highest BCUT2D eigenvalue weighted by Crippen LogP contribution is 2.23. The minimum Gasteiger partial charge on any atom is -0.254 e. The molecule has 1 heterocycles. The first kappa shape index (κ1) is 14.0. The molecule has 2 nitrogen and oxygen atoms in total. The van der Waals surface area contributed by atoms with E-state index in [0.717, 1.165) is 11.3 Å². The Bertz CT molecular complexity index is 423. The van der Waals surface area contributed by atoms with E-state index in [1.54, 1.807) is 10.8 Å². The van der Waals surface area contributed by atoms with Crippen LogP contribution in [0.5, 0.6) is 0 Å². The Kier molecular flexibility index (Phi) is 4.94. The summed E-state index contributed by atoms with van der Waals surface area (Å²) in [6.45, 7) is 11.8. The average molecular weight is 257 g/mol. The highest BCUT2D eigenvalue weighted by molar-refractivity contribution is 6.30. The number of alkyl halides is 1. The lowest BCUT2D eigenvalue weighted by molar-refractivity contribution is 0.380. The Labute approximate surface area is 107 Å². The van der Waals surface area contributed by atoms with E-state index in [-0.39, 0.29) is 0 Å². The van der Waals surface area contributed by atoms with Crippen molar-refractivity contribution in [2.24, 2.45) is 0 Å². The standard InChI is InChI=1S/C13H18ClFN2/c1-5-7-11(15)9(3)8-12-10(4)13(14)17(6-2)16-12/h5,11H,1,3,6-8H2,2,4H3. The van der Waals surface area contributed by atoms with Gasteiger partial charge < -0.3 is 0 Å². The monoisotopic (exact) mass is 256 g/mol. The molecule has 0 aliphatic heterocycles. The Morgan fingerprint density at radius 1 is 1.65 bits per heavy atom. The molecule has 17 heavy (non-hydrogen) atoms. The predicted octanol–water partition coefficient (Wildman–Crippen LogP) is 3.88. The van der Waals surface area contributed by atoms with Gasteiger partial charge in [0.2, 0.25) is 0 Å². The second-order valence-corrected chi connectivity index (χ2v) is 4.36. The number of aromatic nitrogens is 2. The van der Waals surface area contributed by atoms with Gasteiger partial charge in [0.1, 0.15) is 11.3 Å². The molecule has 0 aliphatic carbocycles. The number of halogens is 2. The molecule has 94 valence electrons. The van der Waals surface area contributed by atoms with Gasteiger partial charge in [0.25, 0.3) is 0 Å². The normalized spacial score (nSPS) is 12.5. The number of hydrogen-bond donors (Lipinski definition) is 0. The van der Waals surface area contributed by atoms with Crippen molar-refractivity contribution >= 4 is 11.6 Å². The predicted molar refractivity (Wildman–Crippen MR) is 70.2 cm³/mol. The third-order valence-corrected chi connectivity index (χ3v) is 3.20. The van der Waals surface area contributed by atoms with E-state index < -0.39 is 6.17 Å². The quantitative estimate of drug-likeness (QED) is 0.707. The second-order valence-electron chi connectivity index (χ2n) is 4.01. The van der Waals surface area contributed by atoms with Gasteiger partial charge in [-0.1, -0.05) is 24.3 Å². The lowest BCUT2D eigenvalue weighted by Gasteiger charge is -2.08. The number of rotatable bonds is 6. The van der Waals surface area contributed by atoms with Gasteiger partial charge in [0.05, 0.1) is 5.69 Å². The number of nitrogens with zero attached hydrogens (tertiary/aromatic N) is 2. The van der Waals surface area contributed by atoms with Gasteiger partial charge in [0.15, 0.2) is 0 Å². The smallest absolute Gasteiger partial charge is 0.130 e. The van der Waals surface area contributed by atoms with E-state index >= 15 is 0 Å². The first-order chi connectivity index (χ1) is 8.01. The molecule has 0 bridgehead atoms. The lowest BCUT2D eigenvalue weighted by atomic mass is 10.0. The van der Waals surface area contributed by atoms with Crippen LogP contribution >= 0.6 is 11.6 Å². The zero-order valence-corrected chi connectivity index (χ0v) is 11.1. The summed E-state index contributed by atoms with van der Waals surface area (Å²) < 4.78 is 15.3. The van der Waals surface area contributed by atoms with Crippen molar-refractivity contribution in [3.05, 3.63) is 41.2 Å². The van der Waals surface area contributed by atoms with E-state index in [4.69, 9.17) is 11.6 Å². The fourth-order valence-electron chi connectivity index (χ4n) is 1.59. The van der Waals surface area contributed by atoms with Crippen LogP contribution in [-0.2, 0) is 13.0 Å². The molecule has 1 rings (SSSR count). The van der Waals surface area contributed by atoms with Gasteiger partial charge in [-0.25, -0.2) is 4.39 Å². The number of aryl methyl sites for hydroxylation is 1. The molecular formula is C13H18ClFN2. The van der Waals surface area contributed by atoms with E-state index in [9.17, 15) is 4.39 Å². The summed E-state index contributed by atoms with van der Waals surface area (Å²) in [6.07, 6.45) is 1.21. The van der Waals surface area contributed by atoms with Gasteiger partial charge >= 0.3 is 0 Å². The lowest BCUT2D eigenvalue weighted by Crippen LogP contribution is -2.06. The fourth-order valence-corrected chi connectivity index (χ4v) is 1.86. The largest absolute Gasteiger partial charge is 0.254 e. The molecule has 0 fully saturated rings. The van der Waals surface area contributed by atoms with Crippen molar-refractivity contribution < 1.29 is 4.39 Å². The van der Waals surface area contributed by atoms with Gasteiger partial charge in [0, 0.05) is 24.9 Å². The van der Waals surface area contributed by atoms with Crippen molar-refractivity contribution in [1.82, 2.24) is 9.78 Å². The summed E-state index contributed by atoms with van der Waals surface area (Å²) in [4.78, 5) is 0. The minimum atomic E-state index is -1.06. The molecule has 0 spiro atoms. The zero-order valence-electron chi connectivity index (χ0n) is 10.3. The molecule has 0 saturated heterocycles. The zero-order chi connectivity index (χ0) is 13.0. The van der Waals surface area contributed by atoms with Crippen LogP contribution in [0, 0.1) is 6.92 Å². The maximum absolute atomic E-state index is 13.6.